The first-order valence-corrected chi connectivity index (χ1v) is 9.06. The molecule has 0 aliphatic carbocycles. The Morgan fingerprint density at radius 1 is 1.04 bits per heavy atom. The number of nitrogens with one attached hydrogen (secondary N) is 1. The topological polar surface area (TPSA) is 61.6 Å². The number of carbonyl (C=O) groups excluding carboxylic acids is 1. The number of carbonyl (C=O) groups is 1. The van der Waals surface area contributed by atoms with Crippen LogP contribution in [0.15, 0.2) is 24.3 Å². The van der Waals surface area contributed by atoms with Gasteiger partial charge in [-0.25, -0.2) is 0 Å². The van der Waals surface area contributed by atoms with Crippen LogP contribution in [0, 0.1) is 5.92 Å². The minimum Gasteiger partial charge on any atom is -0.352 e. The van der Waals surface area contributed by atoms with E-state index >= 15 is 0 Å². The zero-order valence-electron chi connectivity index (χ0n) is 16.5. The monoisotopic (exact) mass is 440 g/mol. The lowest BCUT2D eigenvalue weighted by atomic mass is 10.0. The van der Waals surface area contributed by atoms with E-state index in [1.165, 1.54) is 11.1 Å². The van der Waals surface area contributed by atoms with Crippen LogP contribution in [-0.2, 0) is 17.9 Å². The van der Waals surface area contributed by atoms with E-state index in [1.807, 2.05) is 19.9 Å². The van der Waals surface area contributed by atoms with Crippen molar-refractivity contribution in [3.8, 4) is 0 Å². The predicted octanol–water partition coefficient (Wildman–Crippen LogP) is 2.69. The molecule has 1 aromatic rings. The summed E-state index contributed by atoms with van der Waals surface area (Å²) in [4.78, 5) is 17.1. The minimum absolute atomic E-state index is 0. The molecule has 1 fully saturated rings. The molecule has 1 aliphatic rings. The molecule has 1 heterocycles. The predicted molar refractivity (Wildman–Crippen MR) is 120 cm³/mol. The van der Waals surface area contributed by atoms with E-state index in [9.17, 15) is 4.79 Å². The first-order chi connectivity index (χ1) is 11.5. The molecule has 0 saturated carbocycles. The fourth-order valence-corrected chi connectivity index (χ4v) is 2.97. The summed E-state index contributed by atoms with van der Waals surface area (Å²) in [5, 5.41) is 3.03. The van der Waals surface area contributed by atoms with Crippen molar-refractivity contribution in [1.29, 1.82) is 0 Å². The van der Waals surface area contributed by atoms with Gasteiger partial charge in [0.1, 0.15) is 0 Å². The summed E-state index contributed by atoms with van der Waals surface area (Å²) >= 11 is 0. The molecule has 2 unspecified atom stereocenters. The lowest BCUT2D eigenvalue weighted by Crippen LogP contribution is -2.45. The largest absolute Gasteiger partial charge is 0.352 e. The van der Waals surface area contributed by atoms with Gasteiger partial charge >= 0.3 is 0 Å². The Bertz CT molecular complexity index is 537. The van der Waals surface area contributed by atoms with E-state index in [1.54, 1.807) is 0 Å². The van der Waals surface area contributed by atoms with Crippen LogP contribution in [0.4, 0.5) is 0 Å². The van der Waals surface area contributed by atoms with Gasteiger partial charge in [0.05, 0.1) is 0 Å². The highest BCUT2D eigenvalue weighted by molar-refractivity contribution is 5.86. The number of halogens is 3. The first kappa shape index (κ1) is 28.6. The number of nitrogens with zero attached hydrogens (tertiary/aromatic N) is 2. The number of likely N-dealkylation sites (N-methyl/N-ethyl adjacent to an activating group) is 1. The molecule has 1 aliphatic heterocycles. The Hall–Kier alpha value is -0.560. The van der Waals surface area contributed by atoms with Gasteiger partial charge in [-0.15, -0.1) is 37.2 Å². The fraction of sp³-hybridized carbons (Fsp3) is 0.632. The molecule has 1 saturated heterocycles. The van der Waals surface area contributed by atoms with Crippen molar-refractivity contribution in [2.24, 2.45) is 11.7 Å². The molecule has 0 bridgehead atoms. The number of hydrogen-bond donors (Lipinski definition) is 2. The summed E-state index contributed by atoms with van der Waals surface area (Å²) in [7, 11) is 0. The maximum atomic E-state index is 12.1. The van der Waals surface area contributed by atoms with Crippen LogP contribution in [0.2, 0.25) is 0 Å². The number of hydrogen-bond acceptors (Lipinski definition) is 4. The summed E-state index contributed by atoms with van der Waals surface area (Å²) < 4.78 is 0. The highest BCUT2D eigenvalue weighted by Gasteiger charge is 2.18. The molecule has 5 nitrogen and oxygen atoms in total. The summed E-state index contributed by atoms with van der Waals surface area (Å²) in [5.74, 6) is -0.143. The third kappa shape index (κ3) is 8.99. The molecule has 0 aromatic heterocycles. The van der Waals surface area contributed by atoms with Gasteiger partial charge in [0.2, 0.25) is 5.91 Å². The van der Waals surface area contributed by atoms with Crippen LogP contribution in [0.25, 0.3) is 0 Å². The van der Waals surface area contributed by atoms with Crippen molar-refractivity contribution in [2.75, 3.05) is 32.7 Å². The van der Waals surface area contributed by atoms with Crippen LogP contribution in [0.1, 0.15) is 31.9 Å². The maximum absolute atomic E-state index is 12.1. The number of amides is 1. The highest BCUT2D eigenvalue weighted by Crippen LogP contribution is 2.14. The average Bonchev–Trinajstić information content (AvgIpc) is 2.60. The third-order valence-electron chi connectivity index (χ3n) is 5.08. The molecule has 27 heavy (non-hydrogen) atoms. The van der Waals surface area contributed by atoms with Gasteiger partial charge in [-0.2, -0.15) is 0 Å². The number of rotatable bonds is 7. The molecule has 1 aromatic carbocycles. The van der Waals surface area contributed by atoms with Gasteiger partial charge in [-0.1, -0.05) is 38.1 Å². The van der Waals surface area contributed by atoms with Crippen molar-refractivity contribution < 1.29 is 4.79 Å². The minimum atomic E-state index is -0.167. The molecule has 0 spiro atoms. The lowest BCUT2D eigenvalue weighted by Gasteiger charge is -2.34. The maximum Gasteiger partial charge on any atom is 0.224 e. The first-order valence-electron chi connectivity index (χ1n) is 9.06. The van der Waals surface area contributed by atoms with Crippen LogP contribution >= 0.6 is 37.2 Å². The molecular weight excluding hydrogens is 407 g/mol. The summed E-state index contributed by atoms with van der Waals surface area (Å²) in [6.45, 7) is 13.1. The van der Waals surface area contributed by atoms with E-state index in [0.717, 1.165) is 39.3 Å². The standard InChI is InChI=1S/C19H32N4O.3ClH/c1-4-22-9-11-23(12-10-22)14-18-8-6-5-7-17(18)13-21-19(24)15(2)16(3)20;;;/h5-8,15-16H,4,9-14,20H2,1-3H3,(H,21,24);3*1H. The van der Waals surface area contributed by atoms with Crippen molar-refractivity contribution in [1.82, 2.24) is 15.1 Å². The third-order valence-corrected chi connectivity index (χ3v) is 5.08. The fourth-order valence-electron chi connectivity index (χ4n) is 2.97. The Morgan fingerprint density at radius 3 is 2.07 bits per heavy atom. The van der Waals surface area contributed by atoms with Crippen molar-refractivity contribution in [2.45, 2.75) is 39.9 Å². The molecule has 2 atom stereocenters. The van der Waals surface area contributed by atoms with Gasteiger partial charge in [-0.3, -0.25) is 9.69 Å². The molecule has 158 valence electrons. The van der Waals surface area contributed by atoms with Gasteiger partial charge in [-0.05, 0) is 24.6 Å². The van der Waals surface area contributed by atoms with E-state index in [0.29, 0.717) is 6.54 Å². The van der Waals surface area contributed by atoms with E-state index < -0.39 is 0 Å². The molecule has 0 radical (unpaired) electrons. The van der Waals surface area contributed by atoms with Crippen LogP contribution in [0.3, 0.4) is 0 Å². The molecule has 8 heteroatoms. The zero-order valence-corrected chi connectivity index (χ0v) is 19.0. The van der Waals surface area contributed by atoms with Crippen LogP contribution in [-0.4, -0.2) is 54.5 Å². The van der Waals surface area contributed by atoms with Crippen molar-refractivity contribution >= 4 is 43.1 Å². The summed E-state index contributed by atoms with van der Waals surface area (Å²) in [5.41, 5.74) is 8.31. The SMILES string of the molecule is CCN1CCN(Cc2ccccc2CNC(=O)C(C)C(C)N)CC1.Cl.Cl.Cl. The van der Waals surface area contributed by atoms with Crippen molar-refractivity contribution in [3.05, 3.63) is 35.4 Å². The van der Waals surface area contributed by atoms with Crippen LogP contribution < -0.4 is 11.1 Å². The van der Waals surface area contributed by atoms with Gasteiger partial charge in [0.15, 0.2) is 0 Å². The van der Waals surface area contributed by atoms with E-state index in [4.69, 9.17) is 5.73 Å². The van der Waals surface area contributed by atoms with Gasteiger partial charge in [0.25, 0.3) is 0 Å². The Morgan fingerprint density at radius 2 is 1.56 bits per heavy atom. The quantitative estimate of drug-likeness (QED) is 0.683. The second kappa shape index (κ2) is 14.4. The summed E-state index contributed by atoms with van der Waals surface area (Å²) in [6.07, 6.45) is 0. The molecule has 2 rings (SSSR count). The van der Waals surface area contributed by atoms with Crippen LogP contribution in [0.5, 0.6) is 0 Å². The number of piperazine rings is 1. The number of benzene rings is 1. The average molecular weight is 442 g/mol. The smallest absolute Gasteiger partial charge is 0.224 e. The Balaban J connectivity index is 0. The Kier molecular flexibility index (Phi) is 15.3. The molecular formula is C19H35Cl3N4O. The highest BCUT2D eigenvalue weighted by atomic mass is 35.5. The zero-order chi connectivity index (χ0) is 17.5. The number of nitrogens with two attached hydrogens (primary N) is 1. The Labute approximate surface area is 182 Å². The van der Waals surface area contributed by atoms with Crippen molar-refractivity contribution in [3.63, 3.8) is 0 Å². The van der Waals surface area contributed by atoms with Gasteiger partial charge in [0, 0.05) is 51.2 Å². The summed E-state index contributed by atoms with van der Waals surface area (Å²) in [6, 6.07) is 8.26. The normalized spacial score (nSPS) is 16.9. The van der Waals surface area contributed by atoms with Gasteiger partial charge < -0.3 is 16.0 Å². The molecule has 3 N–H and O–H groups in total. The van der Waals surface area contributed by atoms with E-state index in [-0.39, 0.29) is 55.1 Å². The lowest BCUT2D eigenvalue weighted by molar-refractivity contribution is -0.125. The second-order valence-electron chi connectivity index (χ2n) is 6.84. The molecule has 1 amide bonds. The van der Waals surface area contributed by atoms with E-state index in [2.05, 4.69) is 40.2 Å². The second-order valence-corrected chi connectivity index (χ2v) is 6.84.